The maximum atomic E-state index is 13.9. The molecule has 0 bridgehead atoms. The molecule has 4 nitrogen and oxygen atoms in total. The lowest BCUT2D eigenvalue weighted by molar-refractivity contribution is -0.118. The molecule has 1 N–H and O–H groups in total. The summed E-state index contributed by atoms with van der Waals surface area (Å²) >= 11 is 0. The van der Waals surface area contributed by atoms with Gasteiger partial charge in [-0.1, -0.05) is 20.8 Å². The fourth-order valence-electron chi connectivity index (χ4n) is 2.39. The van der Waals surface area contributed by atoms with E-state index in [1.54, 1.807) is 0 Å². The van der Waals surface area contributed by atoms with Gasteiger partial charge >= 0.3 is 0 Å². The van der Waals surface area contributed by atoms with Gasteiger partial charge in [-0.3, -0.25) is 9.59 Å². The van der Waals surface area contributed by atoms with Crippen molar-refractivity contribution in [3.63, 3.8) is 0 Å². The van der Waals surface area contributed by atoms with Gasteiger partial charge in [-0.15, -0.1) is 0 Å². The van der Waals surface area contributed by atoms with Crippen molar-refractivity contribution in [1.29, 1.82) is 0 Å². The van der Waals surface area contributed by atoms with Crippen LogP contribution in [-0.2, 0) is 9.59 Å². The number of benzene rings is 1. The van der Waals surface area contributed by atoms with Crippen molar-refractivity contribution in [2.45, 2.75) is 40.0 Å². The number of nitrogens with one attached hydrogen (secondary N) is 1. The van der Waals surface area contributed by atoms with E-state index in [4.69, 9.17) is 0 Å². The van der Waals surface area contributed by atoms with Gasteiger partial charge in [-0.2, -0.15) is 0 Å². The zero-order chi connectivity index (χ0) is 15.6. The summed E-state index contributed by atoms with van der Waals surface area (Å²) in [5.41, 5.74) is 0.643. The first kappa shape index (κ1) is 15.5. The summed E-state index contributed by atoms with van der Waals surface area (Å²) in [5.74, 6) is -0.640. The van der Waals surface area contributed by atoms with E-state index < -0.39 is 5.82 Å². The van der Waals surface area contributed by atoms with Gasteiger partial charge in [-0.05, 0) is 30.0 Å². The van der Waals surface area contributed by atoms with Crippen LogP contribution in [0, 0.1) is 11.2 Å². The number of halogens is 1. The highest BCUT2D eigenvalue weighted by Crippen LogP contribution is 2.28. The quantitative estimate of drug-likeness (QED) is 0.929. The summed E-state index contributed by atoms with van der Waals surface area (Å²) in [6.45, 7) is 6.46. The van der Waals surface area contributed by atoms with Crippen LogP contribution < -0.4 is 10.2 Å². The molecule has 5 heteroatoms. The minimum atomic E-state index is -0.445. The molecule has 0 unspecified atom stereocenters. The van der Waals surface area contributed by atoms with Crippen molar-refractivity contribution >= 4 is 23.2 Å². The van der Waals surface area contributed by atoms with Gasteiger partial charge in [0.25, 0.3) is 0 Å². The van der Waals surface area contributed by atoms with Gasteiger partial charge in [0.2, 0.25) is 11.8 Å². The molecule has 1 aromatic rings. The molecule has 1 aliphatic rings. The van der Waals surface area contributed by atoms with Crippen molar-refractivity contribution in [2.75, 3.05) is 16.8 Å². The van der Waals surface area contributed by atoms with Gasteiger partial charge in [0, 0.05) is 25.1 Å². The third-order valence-corrected chi connectivity index (χ3v) is 3.28. The number of rotatable bonds is 3. The Morgan fingerprint density at radius 3 is 2.67 bits per heavy atom. The summed E-state index contributed by atoms with van der Waals surface area (Å²) in [7, 11) is 0. The van der Waals surface area contributed by atoms with Gasteiger partial charge in [0.15, 0.2) is 0 Å². The second kappa shape index (κ2) is 5.84. The average molecular weight is 292 g/mol. The van der Waals surface area contributed by atoms with Crippen molar-refractivity contribution in [1.82, 2.24) is 0 Å². The van der Waals surface area contributed by atoms with Gasteiger partial charge in [-0.25, -0.2) is 4.39 Å². The number of carbonyl (C=O) groups excluding carboxylic acids is 2. The first-order chi connectivity index (χ1) is 9.76. The second-order valence-corrected chi connectivity index (χ2v) is 6.60. The number of hydrogen-bond donors (Lipinski definition) is 1. The maximum absolute atomic E-state index is 13.9. The van der Waals surface area contributed by atoms with E-state index >= 15 is 0 Å². The first-order valence-corrected chi connectivity index (χ1v) is 7.16. The molecule has 1 aromatic carbocycles. The lowest BCUT2D eigenvalue weighted by atomic mass is 9.92. The fraction of sp³-hybridized carbons (Fsp3) is 0.500. The Labute approximate surface area is 124 Å². The van der Waals surface area contributed by atoms with E-state index in [9.17, 15) is 14.0 Å². The van der Waals surface area contributed by atoms with Crippen LogP contribution in [-0.4, -0.2) is 18.4 Å². The Morgan fingerprint density at radius 2 is 2.10 bits per heavy atom. The average Bonchev–Trinajstić information content (AvgIpc) is 2.75. The predicted octanol–water partition coefficient (Wildman–Crippen LogP) is 3.33. The molecule has 114 valence electrons. The SMILES string of the molecule is CC(C)(C)CC(=O)Nc1ccc(F)c(N2CCCC2=O)c1. The smallest absolute Gasteiger partial charge is 0.227 e. The molecule has 1 heterocycles. The largest absolute Gasteiger partial charge is 0.326 e. The highest BCUT2D eigenvalue weighted by atomic mass is 19.1. The molecule has 1 fully saturated rings. The number of anilines is 2. The molecule has 21 heavy (non-hydrogen) atoms. The van der Waals surface area contributed by atoms with Crippen LogP contribution in [0.25, 0.3) is 0 Å². The fourth-order valence-corrected chi connectivity index (χ4v) is 2.39. The zero-order valence-electron chi connectivity index (χ0n) is 12.7. The third kappa shape index (κ3) is 4.03. The van der Waals surface area contributed by atoms with Crippen LogP contribution in [0.1, 0.15) is 40.0 Å². The summed E-state index contributed by atoms with van der Waals surface area (Å²) in [5, 5.41) is 2.76. The summed E-state index contributed by atoms with van der Waals surface area (Å²) < 4.78 is 13.9. The molecular weight excluding hydrogens is 271 g/mol. The van der Waals surface area contributed by atoms with Crippen LogP contribution in [0.4, 0.5) is 15.8 Å². The molecule has 2 rings (SSSR count). The summed E-state index contributed by atoms with van der Waals surface area (Å²) in [4.78, 5) is 25.1. The highest BCUT2D eigenvalue weighted by Gasteiger charge is 2.24. The molecule has 0 radical (unpaired) electrons. The lowest BCUT2D eigenvalue weighted by Gasteiger charge is -2.19. The molecule has 0 saturated carbocycles. The Bertz CT molecular complexity index is 564. The molecule has 0 aliphatic carbocycles. The van der Waals surface area contributed by atoms with Crippen molar-refractivity contribution in [3.05, 3.63) is 24.0 Å². The van der Waals surface area contributed by atoms with Crippen LogP contribution in [0.2, 0.25) is 0 Å². The van der Waals surface area contributed by atoms with Gasteiger partial charge in [0.1, 0.15) is 5.82 Å². The Balaban J connectivity index is 2.15. The van der Waals surface area contributed by atoms with Gasteiger partial charge < -0.3 is 10.2 Å². The second-order valence-electron chi connectivity index (χ2n) is 6.60. The van der Waals surface area contributed by atoms with Crippen LogP contribution >= 0.6 is 0 Å². The van der Waals surface area contributed by atoms with E-state index in [0.717, 1.165) is 6.42 Å². The Hall–Kier alpha value is -1.91. The Kier molecular flexibility index (Phi) is 4.30. The molecule has 0 aromatic heterocycles. The predicted molar refractivity (Wildman–Crippen MR) is 80.7 cm³/mol. The normalized spacial score (nSPS) is 15.4. The van der Waals surface area contributed by atoms with E-state index in [0.29, 0.717) is 25.1 Å². The number of nitrogens with zero attached hydrogens (tertiary/aromatic N) is 1. The molecule has 0 atom stereocenters. The lowest BCUT2D eigenvalue weighted by Crippen LogP contribution is -2.25. The zero-order valence-corrected chi connectivity index (χ0v) is 12.7. The van der Waals surface area contributed by atoms with Crippen LogP contribution in [0.5, 0.6) is 0 Å². The monoisotopic (exact) mass is 292 g/mol. The van der Waals surface area contributed by atoms with Crippen LogP contribution in [0.3, 0.4) is 0 Å². The van der Waals surface area contributed by atoms with E-state index in [1.165, 1.54) is 23.1 Å². The number of hydrogen-bond acceptors (Lipinski definition) is 2. The number of amides is 2. The minimum Gasteiger partial charge on any atom is -0.326 e. The molecule has 1 saturated heterocycles. The first-order valence-electron chi connectivity index (χ1n) is 7.16. The Morgan fingerprint density at radius 1 is 1.38 bits per heavy atom. The van der Waals surface area contributed by atoms with E-state index in [2.05, 4.69) is 5.32 Å². The van der Waals surface area contributed by atoms with E-state index in [-0.39, 0.29) is 22.9 Å². The minimum absolute atomic E-state index is 0.0768. The summed E-state index contributed by atoms with van der Waals surface area (Å²) in [6.07, 6.45) is 1.56. The third-order valence-electron chi connectivity index (χ3n) is 3.28. The molecule has 1 aliphatic heterocycles. The standard InChI is InChI=1S/C16H21FN2O2/c1-16(2,3)10-14(20)18-11-6-7-12(17)13(9-11)19-8-4-5-15(19)21/h6-7,9H,4-5,8,10H2,1-3H3,(H,18,20). The van der Waals surface area contributed by atoms with E-state index in [1.807, 2.05) is 20.8 Å². The molecule has 2 amide bonds. The molecule has 0 spiro atoms. The van der Waals surface area contributed by atoms with Crippen molar-refractivity contribution in [2.24, 2.45) is 5.41 Å². The van der Waals surface area contributed by atoms with Crippen molar-refractivity contribution < 1.29 is 14.0 Å². The van der Waals surface area contributed by atoms with Crippen molar-refractivity contribution in [3.8, 4) is 0 Å². The summed E-state index contributed by atoms with van der Waals surface area (Å²) in [6, 6.07) is 4.33. The maximum Gasteiger partial charge on any atom is 0.227 e. The highest BCUT2D eigenvalue weighted by molar-refractivity contribution is 5.97. The van der Waals surface area contributed by atoms with Crippen LogP contribution in [0.15, 0.2) is 18.2 Å². The van der Waals surface area contributed by atoms with Gasteiger partial charge in [0.05, 0.1) is 5.69 Å². The number of carbonyl (C=O) groups is 2. The topological polar surface area (TPSA) is 49.4 Å². The molecular formula is C16H21FN2O2.